The number of nitrogens with zero attached hydrogens (tertiary/aromatic N) is 1. The Morgan fingerprint density at radius 2 is 2.12 bits per heavy atom. The van der Waals surface area contributed by atoms with Crippen molar-refractivity contribution in [2.75, 3.05) is 20.6 Å². The van der Waals surface area contributed by atoms with Gasteiger partial charge in [0.25, 0.3) is 0 Å². The molecule has 1 unspecified atom stereocenters. The Hall–Kier alpha value is -1.48. The van der Waals surface area contributed by atoms with Gasteiger partial charge in [-0.3, -0.25) is 4.79 Å². The lowest BCUT2D eigenvalue weighted by atomic mass is 10.1. The summed E-state index contributed by atoms with van der Waals surface area (Å²) in [7, 11) is -0.536. The molecule has 2 rings (SSSR count). The molecule has 24 heavy (non-hydrogen) atoms. The van der Waals surface area contributed by atoms with Crippen molar-refractivity contribution >= 4 is 15.9 Å². The molecule has 1 aliphatic rings. The fourth-order valence-corrected chi connectivity index (χ4v) is 3.57. The first-order valence-electron chi connectivity index (χ1n) is 7.94. The van der Waals surface area contributed by atoms with E-state index in [-0.39, 0.29) is 22.9 Å². The summed E-state index contributed by atoms with van der Waals surface area (Å²) in [6, 6.07) is 6.26. The van der Waals surface area contributed by atoms with Crippen LogP contribution in [-0.4, -0.2) is 51.5 Å². The summed E-state index contributed by atoms with van der Waals surface area (Å²) in [5.74, 6) is -0.195. The van der Waals surface area contributed by atoms with Crippen LogP contribution in [-0.2, 0) is 19.6 Å². The molecule has 1 aromatic rings. The van der Waals surface area contributed by atoms with Gasteiger partial charge in [-0.05, 0) is 37.5 Å². The number of carbonyl (C=O) groups is 1. The van der Waals surface area contributed by atoms with Crippen LogP contribution < -0.4 is 11.1 Å². The van der Waals surface area contributed by atoms with Crippen molar-refractivity contribution in [1.29, 1.82) is 0 Å². The van der Waals surface area contributed by atoms with Gasteiger partial charge >= 0.3 is 0 Å². The lowest BCUT2D eigenvalue weighted by Gasteiger charge is -2.19. The number of amides is 1. The van der Waals surface area contributed by atoms with Crippen LogP contribution in [0.2, 0.25) is 0 Å². The van der Waals surface area contributed by atoms with Crippen LogP contribution >= 0.6 is 0 Å². The Labute approximate surface area is 143 Å². The van der Waals surface area contributed by atoms with E-state index >= 15 is 0 Å². The van der Waals surface area contributed by atoms with Crippen LogP contribution in [0.5, 0.6) is 0 Å². The highest BCUT2D eigenvalue weighted by molar-refractivity contribution is 7.89. The Morgan fingerprint density at radius 1 is 1.42 bits per heavy atom. The zero-order valence-corrected chi connectivity index (χ0v) is 15.0. The summed E-state index contributed by atoms with van der Waals surface area (Å²) in [6.07, 6.45) is 0.869. The summed E-state index contributed by atoms with van der Waals surface area (Å²) in [5, 5.41) is 2.88. The second kappa shape index (κ2) is 7.60. The molecule has 1 saturated heterocycles. The number of sulfonamides is 1. The Morgan fingerprint density at radius 3 is 2.71 bits per heavy atom. The normalized spacial score (nSPS) is 22.5. The van der Waals surface area contributed by atoms with Crippen molar-refractivity contribution in [3.63, 3.8) is 0 Å². The van der Waals surface area contributed by atoms with E-state index in [1.807, 2.05) is 6.92 Å². The summed E-state index contributed by atoms with van der Waals surface area (Å²) in [6.45, 7) is 2.22. The standard InChI is InChI=1S/C16H25N3O4S/c1-11(18-16(20)15-8-7-13(10-17)23-15)12-5-4-6-14(9-12)24(21,22)19(2)3/h4-6,9,11,13,15H,7-8,10,17H2,1-3H3,(H,18,20)/t11?,13-,15+/m1/s1. The highest BCUT2D eigenvalue weighted by Crippen LogP contribution is 2.22. The number of nitrogens with one attached hydrogen (secondary N) is 1. The third kappa shape index (κ3) is 4.13. The van der Waals surface area contributed by atoms with Gasteiger partial charge in [0.2, 0.25) is 15.9 Å². The van der Waals surface area contributed by atoms with Gasteiger partial charge in [-0.25, -0.2) is 12.7 Å². The molecule has 1 amide bonds. The van der Waals surface area contributed by atoms with Crippen molar-refractivity contribution < 1.29 is 17.9 Å². The highest BCUT2D eigenvalue weighted by atomic mass is 32.2. The van der Waals surface area contributed by atoms with Crippen LogP contribution in [0.25, 0.3) is 0 Å². The molecule has 8 heteroatoms. The first-order chi connectivity index (χ1) is 11.3. The molecule has 7 nitrogen and oxygen atoms in total. The van der Waals surface area contributed by atoms with Crippen LogP contribution in [0.3, 0.4) is 0 Å². The van der Waals surface area contributed by atoms with Gasteiger partial charge in [-0.2, -0.15) is 0 Å². The van der Waals surface area contributed by atoms with E-state index in [0.717, 1.165) is 16.3 Å². The average Bonchev–Trinajstić information content (AvgIpc) is 3.04. The van der Waals surface area contributed by atoms with Gasteiger partial charge in [-0.15, -0.1) is 0 Å². The number of carbonyl (C=O) groups excluding carboxylic acids is 1. The molecule has 0 radical (unpaired) electrons. The minimum absolute atomic E-state index is 0.0652. The zero-order valence-electron chi connectivity index (χ0n) is 14.2. The average molecular weight is 355 g/mol. The lowest BCUT2D eigenvalue weighted by Crippen LogP contribution is -2.37. The predicted molar refractivity (Wildman–Crippen MR) is 90.8 cm³/mol. The number of ether oxygens (including phenoxy) is 1. The molecule has 3 atom stereocenters. The maximum Gasteiger partial charge on any atom is 0.249 e. The molecule has 0 spiro atoms. The summed E-state index contributed by atoms with van der Waals surface area (Å²) in [4.78, 5) is 12.5. The van der Waals surface area contributed by atoms with E-state index in [4.69, 9.17) is 10.5 Å². The summed E-state index contributed by atoms with van der Waals surface area (Å²) >= 11 is 0. The quantitative estimate of drug-likeness (QED) is 0.779. The smallest absolute Gasteiger partial charge is 0.249 e. The minimum atomic E-state index is -3.51. The van der Waals surface area contributed by atoms with Gasteiger partial charge in [0.1, 0.15) is 6.10 Å². The van der Waals surface area contributed by atoms with Crippen LogP contribution in [0.15, 0.2) is 29.2 Å². The van der Waals surface area contributed by atoms with Crippen molar-refractivity contribution in [2.45, 2.75) is 42.9 Å². The predicted octanol–water partition coefficient (Wildman–Crippen LogP) is 0.620. The van der Waals surface area contributed by atoms with Crippen LogP contribution in [0.1, 0.15) is 31.4 Å². The van der Waals surface area contributed by atoms with Crippen molar-refractivity contribution in [2.24, 2.45) is 5.73 Å². The monoisotopic (exact) mass is 355 g/mol. The first-order valence-corrected chi connectivity index (χ1v) is 9.38. The van der Waals surface area contributed by atoms with Crippen LogP contribution in [0, 0.1) is 0 Å². The molecule has 134 valence electrons. The Kier molecular flexibility index (Phi) is 5.97. The molecule has 1 heterocycles. The van der Waals surface area contributed by atoms with Gasteiger partial charge in [0.05, 0.1) is 17.0 Å². The molecule has 0 aromatic heterocycles. The number of hydrogen-bond donors (Lipinski definition) is 2. The molecule has 1 aliphatic heterocycles. The molecular formula is C16H25N3O4S. The maximum absolute atomic E-state index is 12.3. The van der Waals surface area contributed by atoms with E-state index in [9.17, 15) is 13.2 Å². The molecule has 1 aromatic carbocycles. The van der Waals surface area contributed by atoms with Crippen molar-refractivity contribution in [3.8, 4) is 0 Å². The topological polar surface area (TPSA) is 102 Å². The molecule has 0 aliphatic carbocycles. The second-order valence-electron chi connectivity index (χ2n) is 6.15. The second-order valence-corrected chi connectivity index (χ2v) is 8.30. The van der Waals surface area contributed by atoms with Crippen LogP contribution in [0.4, 0.5) is 0 Å². The van der Waals surface area contributed by atoms with Gasteiger partial charge in [0.15, 0.2) is 0 Å². The zero-order chi connectivity index (χ0) is 17.9. The van der Waals surface area contributed by atoms with Gasteiger partial charge < -0.3 is 15.8 Å². The molecular weight excluding hydrogens is 330 g/mol. The van der Waals surface area contributed by atoms with Gasteiger partial charge in [0, 0.05) is 20.6 Å². The van der Waals surface area contributed by atoms with Crippen molar-refractivity contribution in [1.82, 2.24) is 9.62 Å². The molecule has 0 saturated carbocycles. The third-order valence-corrected chi connectivity index (χ3v) is 5.97. The number of benzene rings is 1. The minimum Gasteiger partial charge on any atom is -0.364 e. The van der Waals surface area contributed by atoms with E-state index < -0.39 is 16.1 Å². The van der Waals surface area contributed by atoms with E-state index in [1.54, 1.807) is 24.3 Å². The summed E-state index contributed by atoms with van der Waals surface area (Å²) in [5.41, 5.74) is 6.27. The molecule has 0 bridgehead atoms. The number of nitrogens with two attached hydrogens (primary N) is 1. The highest BCUT2D eigenvalue weighted by Gasteiger charge is 2.30. The van der Waals surface area contributed by atoms with Crippen molar-refractivity contribution in [3.05, 3.63) is 29.8 Å². The fourth-order valence-electron chi connectivity index (χ4n) is 2.62. The maximum atomic E-state index is 12.3. The number of hydrogen-bond acceptors (Lipinski definition) is 5. The van der Waals surface area contributed by atoms with E-state index in [1.165, 1.54) is 14.1 Å². The lowest BCUT2D eigenvalue weighted by molar-refractivity contribution is -0.132. The van der Waals surface area contributed by atoms with E-state index in [2.05, 4.69) is 5.32 Å². The largest absolute Gasteiger partial charge is 0.364 e. The molecule has 3 N–H and O–H groups in total. The first kappa shape index (κ1) is 18.9. The van der Waals surface area contributed by atoms with Gasteiger partial charge in [-0.1, -0.05) is 12.1 Å². The summed E-state index contributed by atoms with van der Waals surface area (Å²) < 4.78 is 31.2. The van der Waals surface area contributed by atoms with E-state index in [0.29, 0.717) is 13.0 Å². The molecule has 1 fully saturated rings. The SMILES string of the molecule is CC(NC(=O)[C@@H]1CC[C@H](CN)O1)c1cccc(S(=O)(=O)N(C)C)c1. The third-order valence-electron chi connectivity index (χ3n) is 4.16. The number of rotatable bonds is 6. The fraction of sp³-hybridized carbons (Fsp3) is 0.562. The Bertz CT molecular complexity index is 690. The Balaban J connectivity index is 2.08.